The highest BCUT2D eigenvalue weighted by Gasteiger charge is 2.32. The Morgan fingerprint density at radius 2 is 1.92 bits per heavy atom. The first-order chi connectivity index (χ1) is 11.6. The minimum absolute atomic E-state index is 0.0215. The lowest BCUT2D eigenvalue weighted by molar-refractivity contribution is 0.503. The van der Waals surface area contributed by atoms with E-state index >= 15 is 0 Å². The van der Waals surface area contributed by atoms with Gasteiger partial charge in [0.25, 0.3) is 10.0 Å². The first-order valence-electron chi connectivity index (χ1n) is 7.94. The van der Waals surface area contributed by atoms with Gasteiger partial charge in [0.15, 0.2) is 9.84 Å². The molecule has 0 bridgehead atoms. The van der Waals surface area contributed by atoms with Gasteiger partial charge in [-0.05, 0) is 44.4 Å². The van der Waals surface area contributed by atoms with Crippen molar-refractivity contribution in [2.45, 2.75) is 38.1 Å². The van der Waals surface area contributed by atoms with Crippen LogP contribution in [0, 0.1) is 20.8 Å². The molecule has 0 aliphatic carbocycles. The maximum absolute atomic E-state index is 12.8. The Morgan fingerprint density at radius 1 is 1.20 bits per heavy atom. The molecule has 3 rings (SSSR count). The molecule has 7 nitrogen and oxygen atoms in total. The zero-order chi connectivity index (χ0) is 18.4. The molecule has 136 valence electrons. The highest BCUT2D eigenvalue weighted by molar-refractivity contribution is 7.92. The molecule has 0 radical (unpaired) electrons. The molecule has 0 spiro atoms. The smallest absolute Gasteiger partial charge is 0.263 e. The normalized spacial score (nSPS) is 19.9. The van der Waals surface area contributed by atoms with Crippen LogP contribution in [-0.4, -0.2) is 38.1 Å². The Bertz CT molecular complexity index is 1020. The van der Waals surface area contributed by atoms with E-state index in [4.69, 9.17) is 0 Å². The molecule has 1 saturated heterocycles. The number of aromatic nitrogens is 2. The molecule has 1 aliphatic rings. The number of nitrogens with zero attached hydrogens (tertiary/aromatic N) is 2. The predicted molar refractivity (Wildman–Crippen MR) is 96.0 cm³/mol. The second kappa shape index (κ2) is 6.14. The Labute approximate surface area is 148 Å². The molecule has 1 atom stereocenters. The molecule has 1 aromatic carbocycles. The number of sulfonamides is 1. The molecule has 1 aliphatic heterocycles. The summed E-state index contributed by atoms with van der Waals surface area (Å²) in [5.41, 5.74) is 2.12. The van der Waals surface area contributed by atoms with E-state index in [1.807, 2.05) is 13.0 Å². The van der Waals surface area contributed by atoms with Crippen molar-refractivity contribution in [3.05, 3.63) is 41.1 Å². The summed E-state index contributed by atoms with van der Waals surface area (Å²) in [5.74, 6) is 0.368. The average molecular weight is 383 g/mol. The fraction of sp³-hybridized carbons (Fsp3) is 0.438. The minimum atomic E-state index is -3.79. The molecule has 1 fully saturated rings. The molecule has 25 heavy (non-hydrogen) atoms. The van der Waals surface area contributed by atoms with Gasteiger partial charge in [-0.2, -0.15) is 5.10 Å². The summed E-state index contributed by atoms with van der Waals surface area (Å²) >= 11 is 0. The molecule has 2 heterocycles. The molecule has 0 saturated carbocycles. The van der Waals surface area contributed by atoms with Crippen LogP contribution in [0.3, 0.4) is 0 Å². The second-order valence-electron chi connectivity index (χ2n) is 6.55. The maximum atomic E-state index is 12.8. The van der Waals surface area contributed by atoms with Crippen LogP contribution in [0.4, 0.5) is 5.82 Å². The standard InChI is InChI=1S/C16H21N3O4S2/c1-11-4-5-12(2)15(8-11)25(22,23)18-16-9-13(3)17-19(16)14-6-7-24(20,21)10-14/h4-5,8-9,14,18H,6-7,10H2,1-3H3/t14-/m1/s1. The highest BCUT2D eigenvalue weighted by atomic mass is 32.2. The van der Waals surface area contributed by atoms with Crippen LogP contribution in [-0.2, 0) is 19.9 Å². The number of nitrogens with one attached hydrogen (secondary N) is 1. The van der Waals surface area contributed by atoms with Crippen LogP contribution < -0.4 is 4.72 Å². The summed E-state index contributed by atoms with van der Waals surface area (Å²) in [7, 11) is -6.89. The SMILES string of the molecule is Cc1ccc(C)c(S(=O)(=O)Nc2cc(C)nn2[C@@H]2CCS(=O)(=O)C2)c1. The fourth-order valence-electron chi connectivity index (χ4n) is 3.03. The van der Waals surface area contributed by atoms with Gasteiger partial charge in [0.1, 0.15) is 5.82 Å². The fourth-order valence-corrected chi connectivity index (χ4v) is 6.09. The molecule has 1 aromatic heterocycles. The van der Waals surface area contributed by atoms with Gasteiger partial charge in [-0.3, -0.25) is 4.72 Å². The third-order valence-corrected chi connectivity index (χ3v) is 7.53. The first-order valence-corrected chi connectivity index (χ1v) is 11.2. The summed E-state index contributed by atoms with van der Waals surface area (Å²) < 4.78 is 53.2. The summed E-state index contributed by atoms with van der Waals surface area (Å²) in [6, 6.07) is 6.50. The zero-order valence-corrected chi connectivity index (χ0v) is 16.0. The lowest BCUT2D eigenvalue weighted by atomic mass is 10.2. The van der Waals surface area contributed by atoms with E-state index in [9.17, 15) is 16.8 Å². The van der Waals surface area contributed by atoms with Gasteiger partial charge in [0.2, 0.25) is 0 Å². The molecule has 9 heteroatoms. The summed E-state index contributed by atoms with van der Waals surface area (Å²) in [6.45, 7) is 5.31. The molecule has 0 amide bonds. The van der Waals surface area contributed by atoms with Crippen LogP contribution in [0.15, 0.2) is 29.2 Å². The van der Waals surface area contributed by atoms with Crippen molar-refractivity contribution >= 4 is 25.7 Å². The van der Waals surface area contributed by atoms with Crippen LogP contribution in [0.25, 0.3) is 0 Å². The van der Waals surface area contributed by atoms with Gasteiger partial charge in [-0.25, -0.2) is 21.5 Å². The van der Waals surface area contributed by atoms with Gasteiger partial charge in [-0.1, -0.05) is 12.1 Å². The topological polar surface area (TPSA) is 98.1 Å². The monoisotopic (exact) mass is 383 g/mol. The second-order valence-corrected chi connectivity index (χ2v) is 10.4. The van der Waals surface area contributed by atoms with Crippen molar-refractivity contribution in [2.24, 2.45) is 0 Å². The van der Waals surface area contributed by atoms with Gasteiger partial charge < -0.3 is 0 Å². The van der Waals surface area contributed by atoms with Gasteiger partial charge in [0.05, 0.1) is 28.1 Å². The van der Waals surface area contributed by atoms with Crippen LogP contribution in [0.5, 0.6) is 0 Å². The van der Waals surface area contributed by atoms with Crippen molar-refractivity contribution in [2.75, 3.05) is 16.2 Å². The number of benzene rings is 1. The molecule has 2 aromatic rings. The number of rotatable bonds is 4. The number of sulfone groups is 1. The van der Waals surface area contributed by atoms with Crippen LogP contribution >= 0.6 is 0 Å². The number of hydrogen-bond donors (Lipinski definition) is 1. The van der Waals surface area contributed by atoms with Crippen molar-refractivity contribution in [3.8, 4) is 0 Å². The van der Waals surface area contributed by atoms with Gasteiger partial charge in [0, 0.05) is 6.07 Å². The van der Waals surface area contributed by atoms with E-state index in [2.05, 4.69) is 9.82 Å². The van der Waals surface area contributed by atoms with Crippen molar-refractivity contribution in [1.82, 2.24) is 9.78 Å². The lowest BCUT2D eigenvalue weighted by Gasteiger charge is -2.15. The molecule has 0 unspecified atom stereocenters. The van der Waals surface area contributed by atoms with Gasteiger partial charge in [-0.15, -0.1) is 0 Å². The Hall–Kier alpha value is -1.87. The molecular weight excluding hydrogens is 362 g/mol. The summed E-state index contributed by atoms with van der Waals surface area (Å²) in [6.07, 6.45) is 0.432. The van der Waals surface area contributed by atoms with E-state index in [0.29, 0.717) is 23.5 Å². The Kier molecular flexibility index (Phi) is 4.40. The number of aryl methyl sites for hydroxylation is 3. The maximum Gasteiger partial charge on any atom is 0.263 e. The Morgan fingerprint density at radius 3 is 2.56 bits per heavy atom. The van der Waals surface area contributed by atoms with Gasteiger partial charge >= 0.3 is 0 Å². The largest absolute Gasteiger partial charge is 0.264 e. The summed E-state index contributed by atoms with van der Waals surface area (Å²) in [5, 5.41) is 4.30. The quantitative estimate of drug-likeness (QED) is 0.870. The van der Waals surface area contributed by atoms with E-state index < -0.39 is 19.9 Å². The van der Waals surface area contributed by atoms with Crippen LogP contribution in [0.2, 0.25) is 0 Å². The van der Waals surface area contributed by atoms with E-state index in [0.717, 1.165) is 5.56 Å². The van der Waals surface area contributed by atoms with E-state index in [-0.39, 0.29) is 22.4 Å². The summed E-state index contributed by atoms with van der Waals surface area (Å²) in [4.78, 5) is 0.206. The third kappa shape index (κ3) is 3.72. The third-order valence-electron chi connectivity index (χ3n) is 4.28. The predicted octanol–water partition coefficient (Wildman–Crippen LogP) is 1.97. The van der Waals surface area contributed by atoms with Crippen molar-refractivity contribution < 1.29 is 16.8 Å². The van der Waals surface area contributed by atoms with E-state index in [1.165, 1.54) is 4.68 Å². The minimum Gasteiger partial charge on any atom is -0.264 e. The first kappa shape index (κ1) is 17.9. The lowest BCUT2D eigenvalue weighted by Crippen LogP contribution is -2.20. The average Bonchev–Trinajstić information content (AvgIpc) is 3.03. The van der Waals surface area contributed by atoms with Crippen molar-refractivity contribution in [1.29, 1.82) is 0 Å². The van der Waals surface area contributed by atoms with E-state index in [1.54, 1.807) is 32.0 Å². The zero-order valence-electron chi connectivity index (χ0n) is 14.4. The van der Waals surface area contributed by atoms with Crippen molar-refractivity contribution in [3.63, 3.8) is 0 Å². The van der Waals surface area contributed by atoms with Crippen LogP contribution in [0.1, 0.15) is 29.3 Å². The molecule has 1 N–H and O–H groups in total. The number of anilines is 1. The molecular formula is C16H21N3O4S2. The Balaban J connectivity index is 1.97. The highest BCUT2D eigenvalue weighted by Crippen LogP contribution is 2.29. The number of hydrogen-bond acceptors (Lipinski definition) is 5.